The summed E-state index contributed by atoms with van der Waals surface area (Å²) < 4.78 is 18.7. The molecule has 0 spiro atoms. The monoisotopic (exact) mass is 463 g/mol. The fraction of sp³-hybridized carbons (Fsp3) is 0.360. The maximum atomic E-state index is 13.2. The number of likely N-dealkylation sites (tertiary alicyclic amines) is 1. The number of anilines is 2. The molecular weight excluding hydrogens is 437 g/mol. The molecule has 8 nitrogen and oxygen atoms in total. The van der Waals surface area contributed by atoms with Crippen molar-refractivity contribution in [3.63, 3.8) is 0 Å². The smallest absolute Gasteiger partial charge is 0.238 e. The first-order valence-corrected chi connectivity index (χ1v) is 11.6. The van der Waals surface area contributed by atoms with Gasteiger partial charge in [0, 0.05) is 25.1 Å². The zero-order chi connectivity index (χ0) is 23.5. The van der Waals surface area contributed by atoms with Crippen LogP contribution in [0.15, 0.2) is 53.1 Å². The quantitative estimate of drug-likeness (QED) is 0.598. The van der Waals surface area contributed by atoms with Crippen molar-refractivity contribution in [1.82, 2.24) is 15.0 Å². The molecule has 0 aliphatic carbocycles. The van der Waals surface area contributed by atoms with Gasteiger partial charge in [-0.25, -0.2) is 4.39 Å². The lowest BCUT2D eigenvalue weighted by Gasteiger charge is -2.30. The van der Waals surface area contributed by atoms with Crippen LogP contribution in [0.5, 0.6) is 0 Å². The minimum absolute atomic E-state index is 0.0257. The number of piperidine rings is 1. The zero-order valence-electron chi connectivity index (χ0n) is 18.7. The van der Waals surface area contributed by atoms with Gasteiger partial charge in [0.25, 0.3) is 0 Å². The lowest BCUT2D eigenvalue weighted by molar-refractivity contribution is -0.118. The third-order valence-corrected chi connectivity index (χ3v) is 6.31. The highest BCUT2D eigenvalue weighted by Crippen LogP contribution is 2.30. The summed E-state index contributed by atoms with van der Waals surface area (Å²) in [5.74, 6) is 0.624. The highest BCUT2D eigenvalue weighted by atomic mass is 19.1. The molecule has 2 aliphatic rings. The van der Waals surface area contributed by atoms with Gasteiger partial charge in [-0.1, -0.05) is 17.3 Å². The Morgan fingerprint density at radius 1 is 1.12 bits per heavy atom. The number of rotatable bonds is 6. The van der Waals surface area contributed by atoms with Crippen LogP contribution in [0.4, 0.5) is 15.8 Å². The number of halogens is 1. The molecular formula is C25H26FN5O3. The number of aromatic nitrogens is 2. The van der Waals surface area contributed by atoms with Crippen LogP contribution in [-0.4, -0.2) is 53.0 Å². The molecule has 0 saturated carbocycles. The number of carbonyl (C=O) groups excluding carboxylic acids is 2. The normalized spacial score (nSPS) is 18.9. The van der Waals surface area contributed by atoms with Crippen LogP contribution in [0.1, 0.15) is 37.5 Å². The molecule has 2 fully saturated rings. The Morgan fingerprint density at radius 3 is 2.74 bits per heavy atom. The minimum atomic E-state index is -0.316. The molecule has 2 saturated heterocycles. The summed E-state index contributed by atoms with van der Waals surface area (Å²) in [5, 5.41) is 7.03. The van der Waals surface area contributed by atoms with Gasteiger partial charge in [0.15, 0.2) is 0 Å². The minimum Gasteiger partial charge on any atom is -0.339 e. The van der Waals surface area contributed by atoms with Crippen molar-refractivity contribution in [2.24, 2.45) is 0 Å². The Balaban J connectivity index is 1.21. The van der Waals surface area contributed by atoms with Gasteiger partial charge in [-0.15, -0.1) is 0 Å². The lowest BCUT2D eigenvalue weighted by Crippen LogP contribution is -2.40. The van der Waals surface area contributed by atoms with Crippen LogP contribution in [0.3, 0.4) is 0 Å². The van der Waals surface area contributed by atoms with Gasteiger partial charge in [0.1, 0.15) is 5.82 Å². The van der Waals surface area contributed by atoms with E-state index in [1.807, 2.05) is 24.3 Å². The predicted molar refractivity (Wildman–Crippen MR) is 125 cm³/mol. The van der Waals surface area contributed by atoms with Crippen LogP contribution < -0.4 is 10.2 Å². The number of hydrogen-bond acceptors (Lipinski definition) is 6. The molecule has 9 heteroatoms. The molecule has 2 aromatic carbocycles. The molecule has 2 amide bonds. The van der Waals surface area contributed by atoms with Crippen molar-refractivity contribution in [2.75, 3.05) is 36.4 Å². The fourth-order valence-corrected chi connectivity index (χ4v) is 4.63. The van der Waals surface area contributed by atoms with Crippen LogP contribution in [-0.2, 0) is 9.59 Å². The number of carbonyl (C=O) groups is 2. The Kier molecular flexibility index (Phi) is 6.35. The number of nitrogens with one attached hydrogen (secondary N) is 1. The maximum absolute atomic E-state index is 13.2. The number of amides is 2. The van der Waals surface area contributed by atoms with Crippen molar-refractivity contribution in [2.45, 2.75) is 31.6 Å². The molecule has 3 aromatic rings. The molecule has 1 N–H and O–H groups in total. The summed E-state index contributed by atoms with van der Waals surface area (Å²) in [6.45, 7) is 2.33. The van der Waals surface area contributed by atoms with Crippen molar-refractivity contribution >= 4 is 23.2 Å². The topological polar surface area (TPSA) is 91.6 Å². The second-order valence-corrected chi connectivity index (χ2v) is 8.75. The average molecular weight is 464 g/mol. The van der Waals surface area contributed by atoms with Gasteiger partial charge >= 0.3 is 0 Å². The first kappa shape index (κ1) is 22.2. The van der Waals surface area contributed by atoms with Gasteiger partial charge in [0.05, 0.1) is 23.8 Å². The Morgan fingerprint density at radius 2 is 1.94 bits per heavy atom. The Hall–Kier alpha value is -3.59. The van der Waals surface area contributed by atoms with Crippen molar-refractivity contribution in [3.05, 3.63) is 60.2 Å². The number of benzene rings is 2. The molecule has 2 aliphatic heterocycles. The third-order valence-electron chi connectivity index (χ3n) is 6.31. The molecule has 0 radical (unpaired) electrons. The van der Waals surface area contributed by atoms with Crippen LogP contribution >= 0.6 is 0 Å². The zero-order valence-corrected chi connectivity index (χ0v) is 18.7. The summed E-state index contributed by atoms with van der Waals surface area (Å²) >= 11 is 0. The van der Waals surface area contributed by atoms with Gasteiger partial charge in [-0.05, 0) is 62.2 Å². The third kappa shape index (κ3) is 4.84. The van der Waals surface area contributed by atoms with Crippen molar-refractivity contribution in [1.29, 1.82) is 0 Å². The Labute approximate surface area is 196 Å². The van der Waals surface area contributed by atoms with E-state index in [-0.39, 0.29) is 30.1 Å². The van der Waals surface area contributed by atoms with Crippen LogP contribution in [0.25, 0.3) is 11.4 Å². The van der Waals surface area contributed by atoms with E-state index in [2.05, 4.69) is 20.4 Å². The molecule has 1 aromatic heterocycles. The largest absolute Gasteiger partial charge is 0.339 e. The molecule has 0 bridgehead atoms. The Bertz CT molecular complexity index is 1180. The highest BCUT2D eigenvalue weighted by Gasteiger charge is 2.28. The highest BCUT2D eigenvalue weighted by molar-refractivity contribution is 6.02. The molecule has 5 rings (SSSR count). The van der Waals surface area contributed by atoms with Gasteiger partial charge < -0.3 is 14.7 Å². The van der Waals surface area contributed by atoms with Crippen LogP contribution in [0, 0.1) is 5.82 Å². The summed E-state index contributed by atoms with van der Waals surface area (Å²) in [7, 11) is 0. The molecule has 34 heavy (non-hydrogen) atoms. The SMILES string of the molecule is O=C(CN1CCCC(c2nc(-c3ccc(F)cc3)no2)C1)Nc1ccccc1N1CCCC1=O. The number of hydrogen-bond donors (Lipinski definition) is 1. The van der Waals surface area contributed by atoms with Crippen molar-refractivity contribution < 1.29 is 18.5 Å². The molecule has 3 heterocycles. The van der Waals surface area contributed by atoms with E-state index in [0.29, 0.717) is 42.5 Å². The van der Waals surface area contributed by atoms with Gasteiger partial charge in [-0.2, -0.15) is 4.98 Å². The first-order chi connectivity index (χ1) is 16.6. The second kappa shape index (κ2) is 9.72. The number of nitrogens with zero attached hydrogens (tertiary/aromatic N) is 4. The standard InChI is InChI=1S/C25H26FN5O3/c26-19-11-9-17(10-12-19)24-28-25(34-29-24)18-5-3-13-30(15-18)16-22(32)27-20-6-1-2-7-21(20)31-14-4-8-23(31)33/h1-2,6-7,9-12,18H,3-5,8,13-16H2,(H,27,32). The van der Waals surface area contributed by atoms with E-state index in [9.17, 15) is 14.0 Å². The fourth-order valence-electron chi connectivity index (χ4n) is 4.63. The van der Waals surface area contributed by atoms with Gasteiger partial charge in [-0.3, -0.25) is 14.5 Å². The first-order valence-electron chi connectivity index (χ1n) is 11.6. The van der Waals surface area contributed by atoms with Crippen molar-refractivity contribution in [3.8, 4) is 11.4 Å². The maximum Gasteiger partial charge on any atom is 0.238 e. The van der Waals surface area contributed by atoms with E-state index in [1.165, 1.54) is 12.1 Å². The second-order valence-electron chi connectivity index (χ2n) is 8.75. The average Bonchev–Trinajstić information content (AvgIpc) is 3.50. The summed E-state index contributed by atoms with van der Waals surface area (Å²) in [6.07, 6.45) is 3.17. The van der Waals surface area contributed by atoms with E-state index in [0.717, 1.165) is 31.5 Å². The molecule has 1 unspecified atom stereocenters. The summed E-state index contributed by atoms with van der Waals surface area (Å²) in [4.78, 5) is 33.4. The van der Waals surface area contributed by atoms with Gasteiger partial charge in [0.2, 0.25) is 23.5 Å². The predicted octanol–water partition coefficient (Wildman–Crippen LogP) is 3.82. The molecule has 176 valence electrons. The summed E-state index contributed by atoms with van der Waals surface area (Å²) in [6, 6.07) is 13.4. The number of para-hydroxylation sites is 2. The van der Waals surface area contributed by atoms with E-state index in [1.54, 1.807) is 17.0 Å². The summed E-state index contributed by atoms with van der Waals surface area (Å²) in [5.41, 5.74) is 2.09. The molecule has 1 atom stereocenters. The lowest BCUT2D eigenvalue weighted by atomic mass is 9.98. The van der Waals surface area contributed by atoms with E-state index in [4.69, 9.17) is 4.52 Å². The van der Waals surface area contributed by atoms with E-state index < -0.39 is 0 Å². The van der Waals surface area contributed by atoms with Crippen LogP contribution in [0.2, 0.25) is 0 Å². The van der Waals surface area contributed by atoms with E-state index >= 15 is 0 Å².